The van der Waals surface area contributed by atoms with E-state index in [1.807, 2.05) is 18.2 Å². The summed E-state index contributed by atoms with van der Waals surface area (Å²) < 4.78 is 5.78. The first-order valence-electron chi connectivity index (χ1n) is 8.33. The summed E-state index contributed by atoms with van der Waals surface area (Å²) in [5.41, 5.74) is 9.86. The number of hydrazine groups is 1. The minimum absolute atomic E-state index is 0.891. The lowest BCUT2D eigenvalue weighted by atomic mass is 10.0. The lowest BCUT2D eigenvalue weighted by molar-refractivity contribution is 0.425. The van der Waals surface area contributed by atoms with E-state index in [-0.39, 0.29) is 0 Å². The zero-order chi connectivity index (χ0) is 17.2. The van der Waals surface area contributed by atoms with Gasteiger partial charge in [0.2, 0.25) is 0 Å². The normalized spacial score (nSPS) is 10.8. The smallest absolute Gasteiger partial charge is 0.136 e. The van der Waals surface area contributed by atoms with Crippen LogP contribution in [0.4, 0.5) is 11.4 Å². The fourth-order valence-corrected chi connectivity index (χ4v) is 3.25. The molecule has 0 aliphatic rings. The fraction of sp³-hybridized carbons (Fsp3) is 0.0909. The van der Waals surface area contributed by atoms with E-state index in [1.165, 1.54) is 10.9 Å². The molecule has 0 radical (unpaired) electrons. The Morgan fingerprint density at radius 2 is 1.56 bits per heavy atom. The predicted molar refractivity (Wildman–Crippen MR) is 106 cm³/mol. The molecule has 0 saturated heterocycles. The Labute approximate surface area is 147 Å². The second-order valence-corrected chi connectivity index (χ2v) is 6.15. The van der Waals surface area contributed by atoms with Crippen molar-refractivity contribution in [1.29, 1.82) is 0 Å². The van der Waals surface area contributed by atoms with Gasteiger partial charge < -0.3 is 15.6 Å². The summed E-state index contributed by atoms with van der Waals surface area (Å²) in [6, 6.07) is 25.0. The number of ether oxygens (including phenoxy) is 1. The van der Waals surface area contributed by atoms with Gasteiger partial charge in [-0.3, -0.25) is 0 Å². The van der Waals surface area contributed by atoms with Crippen molar-refractivity contribution in [1.82, 2.24) is 0 Å². The van der Waals surface area contributed by atoms with Crippen LogP contribution in [-0.4, -0.2) is 7.11 Å². The number of hydrogen-bond donors (Lipinski definition) is 2. The van der Waals surface area contributed by atoms with Gasteiger partial charge in [-0.2, -0.15) is 0 Å². The average molecular weight is 328 g/mol. The number of aryl methyl sites for hydroxylation is 1. The monoisotopic (exact) mass is 328 g/mol. The maximum absolute atomic E-state index is 5.78. The molecule has 0 bridgehead atoms. The summed E-state index contributed by atoms with van der Waals surface area (Å²) in [6.07, 6.45) is 0. The zero-order valence-electron chi connectivity index (χ0n) is 14.3. The van der Waals surface area contributed by atoms with Crippen LogP contribution in [0, 0.1) is 6.92 Å². The molecule has 4 aromatic rings. The Morgan fingerprint density at radius 1 is 0.760 bits per heavy atom. The molecular formula is C22H20N2O. The van der Waals surface area contributed by atoms with Crippen LogP contribution < -0.4 is 15.6 Å². The Balaban J connectivity index is 1.82. The van der Waals surface area contributed by atoms with E-state index < -0.39 is 0 Å². The van der Waals surface area contributed by atoms with E-state index in [1.54, 1.807) is 7.11 Å². The molecular weight excluding hydrogens is 308 g/mol. The number of benzene rings is 4. The van der Waals surface area contributed by atoms with Crippen molar-refractivity contribution >= 4 is 32.9 Å². The summed E-state index contributed by atoms with van der Waals surface area (Å²) in [4.78, 5) is 0. The van der Waals surface area contributed by atoms with Crippen molar-refractivity contribution in [3.8, 4) is 5.75 Å². The molecule has 0 amide bonds. The molecule has 25 heavy (non-hydrogen) atoms. The molecule has 4 aromatic carbocycles. The van der Waals surface area contributed by atoms with Crippen molar-refractivity contribution in [2.75, 3.05) is 18.0 Å². The van der Waals surface area contributed by atoms with Gasteiger partial charge in [-0.15, -0.1) is 0 Å². The lowest BCUT2D eigenvalue weighted by Gasteiger charge is -2.16. The third-order valence-corrected chi connectivity index (χ3v) is 4.40. The van der Waals surface area contributed by atoms with Gasteiger partial charge >= 0.3 is 0 Å². The summed E-state index contributed by atoms with van der Waals surface area (Å²) in [6.45, 7) is 2.08. The highest BCUT2D eigenvalue weighted by Crippen LogP contribution is 2.38. The van der Waals surface area contributed by atoms with E-state index in [4.69, 9.17) is 4.74 Å². The van der Waals surface area contributed by atoms with Crippen molar-refractivity contribution in [2.24, 2.45) is 0 Å². The molecule has 4 rings (SSSR count). The third-order valence-electron chi connectivity index (χ3n) is 4.40. The quantitative estimate of drug-likeness (QED) is 0.370. The summed E-state index contributed by atoms with van der Waals surface area (Å²) >= 11 is 0. The van der Waals surface area contributed by atoms with Crippen molar-refractivity contribution in [3.63, 3.8) is 0 Å². The average Bonchev–Trinajstić information content (AvgIpc) is 2.64. The van der Waals surface area contributed by atoms with Gasteiger partial charge in [-0.05, 0) is 47.5 Å². The molecule has 0 heterocycles. The number of methoxy groups -OCH3 is 1. The molecule has 0 aromatic heterocycles. The fourth-order valence-electron chi connectivity index (χ4n) is 3.25. The van der Waals surface area contributed by atoms with Crippen LogP contribution in [-0.2, 0) is 0 Å². The molecule has 0 spiro atoms. The summed E-state index contributed by atoms with van der Waals surface area (Å²) in [5.74, 6) is 0.891. The molecule has 0 atom stereocenters. The topological polar surface area (TPSA) is 33.3 Å². The van der Waals surface area contributed by atoms with Crippen LogP contribution >= 0.6 is 0 Å². The van der Waals surface area contributed by atoms with E-state index in [0.717, 1.165) is 33.3 Å². The van der Waals surface area contributed by atoms with Crippen LogP contribution in [0.3, 0.4) is 0 Å². The first kappa shape index (κ1) is 15.3. The highest BCUT2D eigenvalue weighted by molar-refractivity contribution is 6.10. The lowest BCUT2D eigenvalue weighted by Crippen LogP contribution is -2.09. The molecule has 3 nitrogen and oxygen atoms in total. The van der Waals surface area contributed by atoms with E-state index in [2.05, 4.69) is 72.4 Å². The molecule has 0 saturated carbocycles. The molecule has 3 heteroatoms. The molecule has 0 fully saturated rings. The SMILES string of the molecule is COc1c2ccccc2cc2cccc(NNc3cccc(C)c3)c12. The van der Waals surface area contributed by atoms with E-state index >= 15 is 0 Å². The maximum atomic E-state index is 5.78. The largest absolute Gasteiger partial charge is 0.495 e. The number of anilines is 2. The van der Waals surface area contributed by atoms with Gasteiger partial charge in [-0.25, -0.2) is 0 Å². The van der Waals surface area contributed by atoms with Crippen molar-refractivity contribution in [3.05, 3.63) is 78.4 Å². The van der Waals surface area contributed by atoms with Gasteiger partial charge in [0.05, 0.1) is 18.5 Å². The Kier molecular flexibility index (Phi) is 3.90. The van der Waals surface area contributed by atoms with Gasteiger partial charge in [-0.1, -0.05) is 48.5 Å². The van der Waals surface area contributed by atoms with Crippen LogP contribution in [0.15, 0.2) is 72.8 Å². The Morgan fingerprint density at radius 3 is 2.40 bits per heavy atom. The van der Waals surface area contributed by atoms with Crippen molar-refractivity contribution in [2.45, 2.75) is 6.92 Å². The Hall–Kier alpha value is -3.20. The second-order valence-electron chi connectivity index (χ2n) is 6.15. The number of fused-ring (bicyclic) bond motifs is 2. The molecule has 0 unspecified atom stereocenters. The number of rotatable bonds is 4. The van der Waals surface area contributed by atoms with Gasteiger partial charge in [0, 0.05) is 10.8 Å². The predicted octanol–water partition coefficient (Wildman–Crippen LogP) is 5.75. The molecule has 124 valence electrons. The maximum Gasteiger partial charge on any atom is 0.136 e. The number of hydrogen-bond acceptors (Lipinski definition) is 3. The van der Waals surface area contributed by atoms with Crippen LogP contribution in [0.1, 0.15) is 5.56 Å². The van der Waals surface area contributed by atoms with Gasteiger partial charge in [0.15, 0.2) is 0 Å². The second kappa shape index (κ2) is 6.36. The highest BCUT2D eigenvalue weighted by Gasteiger charge is 2.11. The van der Waals surface area contributed by atoms with Crippen LogP contribution in [0.2, 0.25) is 0 Å². The van der Waals surface area contributed by atoms with Gasteiger partial charge in [0.25, 0.3) is 0 Å². The van der Waals surface area contributed by atoms with Crippen LogP contribution in [0.25, 0.3) is 21.5 Å². The van der Waals surface area contributed by atoms with E-state index in [9.17, 15) is 0 Å². The first-order chi connectivity index (χ1) is 12.3. The minimum atomic E-state index is 0.891. The van der Waals surface area contributed by atoms with Crippen LogP contribution in [0.5, 0.6) is 5.75 Å². The Bertz CT molecular complexity index is 1060. The third kappa shape index (κ3) is 2.85. The van der Waals surface area contributed by atoms with Crippen molar-refractivity contribution < 1.29 is 4.74 Å². The van der Waals surface area contributed by atoms with E-state index in [0.29, 0.717) is 0 Å². The molecule has 0 aliphatic carbocycles. The standard InChI is InChI=1S/C22H20N2O/c1-15-7-5-10-18(13-15)23-24-20-12-6-9-17-14-16-8-3-4-11-19(16)22(25-2)21(17)20/h3-14,23-24H,1-2H3. The molecule has 2 N–H and O–H groups in total. The molecule has 0 aliphatic heterocycles. The zero-order valence-corrected chi connectivity index (χ0v) is 14.3. The number of nitrogens with one attached hydrogen (secondary N) is 2. The van der Waals surface area contributed by atoms with Gasteiger partial charge in [0.1, 0.15) is 5.75 Å². The highest BCUT2D eigenvalue weighted by atomic mass is 16.5. The summed E-state index contributed by atoms with van der Waals surface area (Å²) in [5, 5.41) is 4.51. The summed E-state index contributed by atoms with van der Waals surface area (Å²) in [7, 11) is 1.73. The first-order valence-corrected chi connectivity index (χ1v) is 8.33. The minimum Gasteiger partial charge on any atom is -0.495 e.